The van der Waals surface area contributed by atoms with Gasteiger partial charge in [-0.05, 0) is 17.7 Å². The quantitative estimate of drug-likeness (QED) is 0.382. The molecule has 2 aliphatic heterocycles. The first-order chi connectivity index (χ1) is 18.9. The van der Waals surface area contributed by atoms with Crippen molar-refractivity contribution in [2.75, 3.05) is 39.4 Å². The highest BCUT2D eigenvalue weighted by Crippen LogP contribution is 2.48. The number of hydroxylamine groups is 2. The van der Waals surface area contributed by atoms with Crippen LogP contribution in [0.3, 0.4) is 0 Å². The summed E-state index contributed by atoms with van der Waals surface area (Å²) in [4.78, 5) is 29.9. The van der Waals surface area contributed by atoms with E-state index in [0.717, 1.165) is 5.56 Å². The number of hydrogen-bond donors (Lipinski definition) is 0. The van der Waals surface area contributed by atoms with Crippen LogP contribution in [0.25, 0.3) is 0 Å². The summed E-state index contributed by atoms with van der Waals surface area (Å²) in [7, 11) is 0.344. The van der Waals surface area contributed by atoms with E-state index < -0.39 is 33.1 Å². The number of hydrogen-bond acceptors (Lipinski definition) is 11. The lowest BCUT2D eigenvalue weighted by Crippen LogP contribution is -2.43. The number of sulfone groups is 1. The zero-order valence-electron chi connectivity index (χ0n) is 21.9. The molecule has 39 heavy (non-hydrogen) atoms. The number of fused-ring (bicyclic) bond motifs is 3. The van der Waals surface area contributed by atoms with Crippen LogP contribution < -0.4 is 14.4 Å². The predicted octanol–water partition coefficient (Wildman–Crippen LogP) is 2.58. The van der Waals surface area contributed by atoms with E-state index in [0.29, 0.717) is 17.9 Å². The third-order valence-electron chi connectivity index (χ3n) is 6.96. The fourth-order valence-electron chi connectivity index (χ4n) is 5.14. The van der Waals surface area contributed by atoms with Gasteiger partial charge in [-0.2, -0.15) is 15.0 Å². The standard InChI is InChI=1S/C27H30N4O7S/c1-35-22(32)14-19-16-30(15-18-10-6-4-7-11-18)25-23(26(36-2)29-27(28-25)37-3)24-21(17-38-31(19)24)39(33,34)20-12-8-5-9-13-20/h4-13,19,21,24H,14-17H2,1-3H3/t19-,21?,24+/m1/s1. The number of carbonyl (C=O) groups is 1. The van der Waals surface area contributed by atoms with Gasteiger partial charge in [0, 0.05) is 13.1 Å². The second kappa shape index (κ2) is 11.2. The van der Waals surface area contributed by atoms with Crippen molar-refractivity contribution < 1.29 is 32.3 Å². The topological polar surface area (TPSA) is 120 Å². The van der Waals surface area contributed by atoms with E-state index in [1.807, 2.05) is 35.2 Å². The second-order valence-corrected chi connectivity index (χ2v) is 11.4. The van der Waals surface area contributed by atoms with Crippen LogP contribution in [-0.2, 0) is 30.8 Å². The summed E-state index contributed by atoms with van der Waals surface area (Å²) in [6.45, 7) is 0.591. The summed E-state index contributed by atoms with van der Waals surface area (Å²) in [5.41, 5.74) is 1.44. The molecule has 11 nitrogen and oxygen atoms in total. The first kappa shape index (κ1) is 26.9. The van der Waals surface area contributed by atoms with Gasteiger partial charge in [-0.25, -0.2) is 8.42 Å². The predicted molar refractivity (Wildman–Crippen MR) is 141 cm³/mol. The molecule has 1 saturated heterocycles. The molecule has 0 spiro atoms. The van der Waals surface area contributed by atoms with Gasteiger partial charge in [0.05, 0.1) is 56.9 Å². The maximum atomic E-state index is 14.0. The van der Waals surface area contributed by atoms with Crippen molar-refractivity contribution in [1.29, 1.82) is 0 Å². The van der Waals surface area contributed by atoms with Gasteiger partial charge in [0.1, 0.15) is 11.1 Å². The minimum absolute atomic E-state index is 0.0305. The Hall–Kier alpha value is -3.74. The fraction of sp³-hybridized carbons (Fsp3) is 0.370. The minimum Gasteiger partial charge on any atom is -0.481 e. The summed E-state index contributed by atoms with van der Waals surface area (Å²) in [6, 6.07) is 16.6. The van der Waals surface area contributed by atoms with E-state index in [4.69, 9.17) is 19.0 Å². The van der Waals surface area contributed by atoms with Crippen LogP contribution in [0.2, 0.25) is 0 Å². The molecule has 0 radical (unpaired) electrons. The number of ether oxygens (including phenoxy) is 3. The van der Waals surface area contributed by atoms with Crippen LogP contribution >= 0.6 is 0 Å². The zero-order chi connectivity index (χ0) is 27.6. The summed E-state index contributed by atoms with van der Waals surface area (Å²) >= 11 is 0. The van der Waals surface area contributed by atoms with Crippen LogP contribution in [0.15, 0.2) is 65.6 Å². The van der Waals surface area contributed by atoms with E-state index >= 15 is 0 Å². The number of carbonyl (C=O) groups excluding carboxylic acids is 1. The molecule has 3 atom stereocenters. The molecule has 0 aliphatic carbocycles. The number of rotatable bonds is 8. The highest BCUT2D eigenvalue weighted by Gasteiger charge is 2.53. The van der Waals surface area contributed by atoms with Crippen LogP contribution in [0.1, 0.15) is 23.6 Å². The molecule has 0 saturated carbocycles. The molecule has 3 heterocycles. The van der Waals surface area contributed by atoms with Crippen LogP contribution in [-0.4, -0.2) is 75.2 Å². The van der Waals surface area contributed by atoms with Crippen LogP contribution in [0.5, 0.6) is 11.9 Å². The Morgan fingerprint density at radius 1 is 1.00 bits per heavy atom. The molecule has 1 unspecified atom stereocenters. The first-order valence-electron chi connectivity index (χ1n) is 12.4. The van der Waals surface area contributed by atoms with Crippen LogP contribution in [0.4, 0.5) is 5.82 Å². The lowest BCUT2D eigenvalue weighted by atomic mass is 10.0. The van der Waals surface area contributed by atoms with Gasteiger partial charge in [-0.15, -0.1) is 0 Å². The summed E-state index contributed by atoms with van der Waals surface area (Å²) in [6.07, 6.45) is -0.0305. The number of nitrogens with zero attached hydrogens (tertiary/aromatic N) is 4. The van der Waals surface area contributed by atoms with Gasteiger partial charge in [0.25, 0.3) is 0 Å². The monoisotopic (exact) mass is 554 g/mol. The van der Waals surface area contributed by atoms with Crippen molar-refractivity contribution >= 4 is 21.6 Å². The van der Waals surface area contributed by atoms with Crippen molar-refractivity contribution in [3.05, 3.63) is 71.8 Å². The average molecular weight is 555 g/mol. The van der Waals surface area contributed by atoms with E-state index in [2.05, 4.69) is 9.97 Å². The minimum atomic E-state index is -3.89. The van der Waals surface area contributed by atoms with Gasteiger partial charge in [-0.3, -0.25) is 9.63 Å². The number of anilines is 1. The molecular formula is C27H30N4O7S. The third-order valence-corrected chi connectivity index (χ3v) is 9.08. The van der Waals surface area contributed by atoms with Crippen molar-refractivity contribution in [1.82, 2.24) is 15.0 Å². The molecule has 1 aromatic heterocycles. The molecule has 0 N–H and O–H groups in total. The Morgan fingerprint density at radius 2 is 1.69 bits per heavy atom. The highest BCUT2D eigenvalue weighted by molar-refractivity contribution is 7.92. The van der Waals surface area contributed by atoms with Gasteiger partial charge in [0.15, 0.2) is 9.84 Å². The Morgan fingerprint density at radius 3 is 2.33 bits per heavy atom. The summed E-state index contributed by atoms with van der Waals surface area (Å²) < 4.78 is 44.0. The Balaban J connectivity index is 1.71. The molecule has 12 heteroatoms. The molecule has 5 rings (SSSR count). The zero-order valence-corrected chi connectivity index (χ0v) is 22.7. The largest absolute Gasteiger partial charge is 0.481 e. The average Bonchev–Trinajstić information content (AvgIpc) is 3.37. The van der Waals surface area contributed by atoms with Crippen molar-refractivity contribution in [3.63, 3.8) is 0 Å². The number of aromatic nitrogens is 2. The maximum Gasteiger partial charge on any atom is 0.321 e. The van der Waals surface area contributed by atoms with Gasteiger partial charge >= 0.3 is 12.0 Å². The molecule has 0 bridgehead atoms. The SMILES string of the molecule is COC(=O)C[C@@H]1CN(Cc2ccccc2)c2nc(OC)nc(OC)c2[C@@H]2C(S(=O)(=O)c3ccccc3)CON12. The normalized spacial score (nSPS) is 21.0. The maximum absolute atomic E-state index is 14.0. The number of benzene rings is 2. The number of esters is 1. The van der Waals surface area contributed by atoms with E-state index in [-0.39, 0.29) is 36.4 Å². The third kappa shape index (κ3) is 5.14. The molecular weight excluding hydrogens is 524 g/mol. The first-order valence-corrected chi connectivity index (χ1v) is 14.0. The Labute approximate surface area is 227 Å². The molecule has 2 aromatic carbocycles. The second-order valence-electron chi connectivity index (χ2n) is 9.25. The summed E-state index contributed by atoms with van der Waals surface area (Å²) in [5.74, 6) is 0.170. The van der Waals surface area contributed by atoms with Gasteiger partial charge in [0.2, 0.25) is 5.88 Å². The molecule has 206 valence electrons. The highest BCUT2D eigenvalue weighted by atomic mass is 32.2. The van der Waals surface area contributed by atoms with Crippen molar-refractivity contribution in [2.24, 2.45) is 0 Å². The molecule has 2 aliphatic rings. The van der Waals surface area contributed by atoms with Crippen molar-refractivity contribution in [3.8, 4) is 11.9 Å². The molecule has 0 amide bonds. The summed E-state index contributed by atoms with van der Waals surface area (Å²) in [5, 5.41) is 0.561. The van der Waals surface area contributed by atoms with Crippen LogP contribution in [0, 0.1) is 0 Å². The van der Waals surface area contributed by atoms with Gasteiger partial charge in [-0.1, -0.05) is 48.5 Å². The van der Waals surface area contributed by atoms with Crippen molar-refractivity contribution in [2.45, 2.75) is 35.2 Å². The molecule has 3 aromatic rings. The lowest BCUT2D eigenvalue weighted by Gasteiger charge is -2.30. The Bertz CT molecular complexity index is 1420. The molecule has 1 fully saturated rings. The van der Waals surface area contributed by atoms with E-state index in [9.17, 15) is 13.2 Å². The van der Waals surface area contributed by atoms with E-state index in [1.165, 1.54) is 21.3 Å². The lowest BCUT2D eigenvalue weighted by molar-refractivity contribution is -0.171. The fourth-order valence-corrected chi connectivity index (χ4v) is 6.87. The van der Waals surface area contributed by atoms with E-state index in [1.54, 1.807) is 35.4 Å². The number of methoxy groups -OCH3 is 3. The smallest absolute Gasteiger partial charge is 0.321 e. The Kier molecular flexibility index (Phi) is 7.69. The van der Waals surface area contributed by atoms with Gasteiger partial charge < -0.3 is 19.1 Å².